The van der Waals surface area contributed by atoms with E-state index >= 15 is 0 Å². The molecule has 0 aromatic heterocycles. The Bertz CT molecular complexity index is 110. The highest BCUT2D eigenvalue weighted by molar-refractivity contribution is 4.76. The van der Waals surface area contributed by atoms with Crippen LogP contribution in [-0.2, 0) is 0 Å². The molecule has 3 nitrogen and oxygen atoms in total. The van der Waals surface area contributed by atoms with Crippen LogP contribution in [0.4, 0.5) is 0 Å². The quantitative estimate of drug-likeness (QED) is 0.597. The molecular formula is C7H14N2O. The van der Waals surface area contributed by atoms with Crippen LogP contribution in [0.3, 0.4) is 0 Å². The molecule has 0 spiro atoms. The Morgan fingerprint density at radius 3 is 3.10 bits per heavy atom. The van der Waals surface area contributed by atoms with Gasteiger partial charge >= 0.3 is 0 Å². The predicted octanol–water partition coefficient (Wildman–Crippen LogP) is 0.998. The van der Waals surface area contributed by atoms with Gasteiger partial charge in [0.1, 0.15) is 0 Å². The number of hydrogen-bond acceptors (Lipinski definition) is 3. The zero-order valence-corrected chi connectivity index (χ0v) is 6.34. The summed E-state index contributed by atoms with van der Waals surface area (Å²) in [6, 6.07) is 0. The molecule has 1 aliphatic rings. The normalized spacial score (nSPS) is 28.3. The van der Waals surface area contributed by atoms with Crippen LogP contribution in [0.1, 0.15) is 13.3 Å². The van der Waals surface area contributed by atoms with Crippen LogP contribution in [0.2, 0.25) is 0 Å². The zero-order valence-electron chi connectivity index (χ0n) is 6.34. The van der Waals surface area contributed by atoms with Crippen LogP contribution in [0.25, 0.3) is 0 Å². The first kappa shape index (κ1) is 7.66. The van der Waals surface area contributed by atoms with Crippen LogP contribution in [0.5, 0.6) is 0 Å². The molecule has 3 heteroatoms. The zero-order chi connectivity index (χ0) is 7.40. The van der Waals surface area contributed by atoms with E-state index in [4.69, 9.17) is 0 Å². The van der Waals surface area contributed by atoms with E-state index in [9.17, 15) is 4.91 Å². The van der Waals surface area contributed by atoms with Gasteiger partial charge in [0.15, 0.2) is 0 Å². The van der Waals surface area contributed by atoms with Gasteiger partial charge in [-0.3, -0.25) is 0 Å². The maximum atomic E-state index is 9.90. The maximum Gasteiger partial charge on any atom is 0.0839 e. The first-order valence-electron chi connectivity index (χ1n) is 3.84. The lowest BCUT2D eigenvalue weighted by Gasteiger charge is -2.13. The summed E-state index contributed by atoms with van der Waals surface area (Å²) in [6.07, 6.45) is 1.21. The Hall–Kier alpha value is -0.440. The number of nitroso groups, excluding NO2 is 1. The van der Waals surface area contributed by atoms with Gasteiger partial charge in [-0.15, -0.1) is 0 Å². The highest BCUT2D eigenvalue weighted by atomic mass is 16.3. The van der Waals surface area contributed by atoms with Gasteiger partial charge in [0.05, 0.1) is 6.54 Å². The topological polar surface area (TPSA) is 41.5 Å². The van der Waals surface area contributed by atoms with Crippen molar-refractivity contribution in [2.45, 2.75) is 13.3 Å². The van der Waals surface area contributed by atoms with E-state index in [0.717, 1.165) is 13.1 Å². The minimum atomic E-state index is 0.465. The van der Waals surface area contributed by atoms with Gasteiger partial charge in [-0.25, -0.2) is 0 Å². The molecule has 1 N–H and O–H groups in total. The summed E-state index contributed by atoms with van der Waals surface area (Å²) in [5, 5.41) is 6.17. The molecule has 58 valence electrons. The van der Waals surface area contributed by atoms with Crippen LogP contribution in [0, 0.1) is 16.7 Å². The van der Waals surface area contributed by atoms with Crippen molar-refractivity contribution >= 4 is 0 Å². The summed E-state index contributed by atoms with van der Waals surface area (Å²) >= 11 is 0. The van der Waals surface area contributed by atoms with Crippen LogP contribution >= 0.6 is 0 Å². The van der Waals surface area contributed by atoms with Gasteiger partial charge in [-0.2, -0.15) is 4.91 Å². The van der Waals surface area contributed by atoms with E-state index in [2.05, 4.69) is 17.4 Å². The van der Waals surface area contributed by atoms with E-state index in [1.54, 1.807) is 0 Å². The summed E-state index contributed by atoms with van der Waals surface area (Å²) in [7, 11) is 0. The highest BCUT2D eigenvalue weighted by Crippen LogP contribution is 2.18. The molecule has 2 atom stereocenters. The standard InChI is InChI=1S/C7H14N2O/c1-6(4-9-10)7-2-3-8-5-7/h6-8H,2-5H2,1H3. The van der Waals surface area contributed by atoms with Gasteiger partial charge in [0, 0.05) is 0 Å². The van der Waals surface area contributed by atoms with E-state index < -0.39 is 0 Å². The Morgan fingerprint density at radius 2 is 2.60 bits per heavy atom. The fourth-order valence-corrected chi connectivity index (χ4v) is 1.43. The van der Waals surface area contributed by atoms with Crippen molar-refractivity contribution in [3.63, 3.8) is 0 Å². The second-order valence-electron chi connectivity index (χ2n) is 3.04. The highest BCUT2D eigenvalue weighted by Gasteiger charge is 2.20. The summed E-state index contributed by atoms with van der Waals surface area (Å²) in [6.45, 7) is 4.75. The fraction of sp³-hybridized carbons (Fsp3) is 1.00. The molecular weight excluding hydrogens is 128 g/mol. The van der Waals surface area contributed by atoms with Gasteiger partial charge in [-0.05, 0) is 31.3 Å². The molecule has 2 unspecified atom stereocenters. The van der Waals surface area contributed by atoms with Gasteiger partial charge in [-0.1, -0.05) is 12.1 Å². The molecule has 10 heavy (non-hydrogen) atoms. The summed E-state index contributed by atoms with van der Waals surface area (Å²) in [5.74, 6) is 1.14. The third kappa shape index (κ3) is 1.77. The molecule has 0 bridgehead atoms. The van der Waals surface area contributed by atoms with Crippen LogP contribution in [0.15, 0.2) is 5.18 Å². The Labute approximate surface area is 61.2 Å². The number of nitrogens with one attached hydrogen (secondary N) is 1. The van der Waals surface area contributed by atoms with Crippen molar-refractivity contribution in [2.75, 3.05) is 19.6 Å². The second kappa shape index (κ2) is 3.66. The largest absolute Gasteiger partial charge is 0.316 e. The number of hydrogen-bond donors (Lipinski definition) is 1. The SMILES string of the molecule is CC(CN=O)C1CCNC1. The summed E-state index contributed by atoms with van der Waals surface area (Å²) in [5.41, 5.74) is 0. The molecule has 1 fully saturated rings. The smallest absolute Gasteiger partial charge is 0.0839 e. The maximum absolute atomic E-state index is 9.90. The average Bonchev–Trinajstić information content (AvgIpc) is 2.38. The lowest BCUT2D eigenvalue weighted by molar-refractivity contribution is 0.396. The Kier molecular flexibility index (Phi) is 2.81. The fourth-order valence-electron chi connectivity index (χ4n) is 1.43. The lowest BCUT2D eigenvalue weighted by Crippen LogP contribution is -2.17. The van der Waals surface area contributed by atoms with E-state index in [-0.39, 0.29) is 0 Å². The summed E-state index contributed by atoms with van der Waals surface area (Å²) < 4.78 is 0. The molecule has 0 saturated carbocycles. The molecule has 0 aromatic carbocycles. The number of rotatable bonds is 3. The molecule has 1 aliphatic heterocycles. The predicted molar refractivity (Wildman–Crippen MR) is 40.8 cm³/mol. The average molecular weight is 142 g/mol. The molecule has 1 heterocycles. The van der Waals surface area contributed by atoms with Crippen molar-refractivity contribution in [1.29, 1.82) is 0 Å². The van der Waals surface area contributed by atoms with Crippen LogP contribution < -0.4 is 5.32 Å². The monoisotopic (exact) mass is 142 g/mol. The van der Waals surface area contributed by atoms with Crippen LogP contribution in [-0.4, -0.2) is 19.6 Å². The lowest BCUT2D eigenvalue weighted by atomic mass is 9.94. The first-order chi connectivity index (χ1) is 4.84. The summed E-state index contributed by atoms with van der Waals surface area (Å²) in [4.78, 5) is 9.90. The Morgan fingerprint density at radius 1 is 1.80 bits per heavy atom. The van der Waals surface area contributed by atoms with Crippen molar-refractivity contribution in [3.8, 4) is 0 Å². The molecule has 0 aliphatic carbocycles. The third-order valence-electron chi connectivity index (χ3n) is 2.27. The second-order valence-corrected chi connectivity index (χ2v) is 3.04. The third-order valence-corrected chi connectivity index (χ3v) is 2.27. The van der Waals surface area contributed by atoms with Crippen molar-refractivity contribution in [2.24, 2.45) is 17.0 Å². The van der Waals surface area contributed by atoms with Gasteiger partial charge in [0.25, 0.3) is 0 Å². The van der Waals surface area contributed by atoms with Gasteiger partial charge < -0.3 is 5.32 Å². The number of nitrogens with zero attached hydrogens (tertiary/aromatic N) is 1. The van der Waals surface area contributed by atoms with Crippen molar-refractivity contribution < 1.29 is 0 Å². The Balaban J connectivity index is 2.24. The molecule has 0 aromatic rings. The van der Waals surface area contributed by atoms with Crippen molar-refractivity contribution in [3.05, 3.63) is 4.91 Å². The van der Waals surface area contributed by atoms with Gasteiger partial charge in [0.2, 0.25) is 0 Å². The minimum absolute atomic E-state index is 0.465. The molecule has 0 amide bonds. The first-order valence-corrected chi connectivity index (χ1v) is 3.84. The minimum Gasteiger partial charge on any atom is -0.316 e. The van der Waals surface area contributed by atoms with E-state index in [1.807, 2.05) is 0 Å². The molecule has 0 radical (unpaired) electrons. The van der Waals surface area contributed by atoms with E-state index in [0.29, 0.717) is 18.4 Å². The van der Waals surface area contributed by atoms with E-state index in [1.165, 1.54) is 6.42 Å². The molecule has 1 saturated heterocycles. The molecule has 1 rings (SSSR count). The van der Waals surface area contributed by atoms with Crippen molar-refractivity contribution in [1.82, 2.24) is 5.32 Å².